The Labute approximate surface area is 179 Å². The lowest BCUT2D eigenvalue weighted by atomic mass is 9.68. The predicted octanol–water partition coefficient (Wildman–Crippen LogP) is 3.61. The summed E-state index contributed by atoms with van der Waals surface area (Å²) in [6, 6.07) is 0. The van der Waals surface area contributed by atoms with Gasteiger partial charge in [0.05, 0.1) is 18.1 Å². The highest BCUT2D eigenvalue weighted by atomic mass is 19.4. The molecule has 12 heteroatoms. The molecule has 1 heterocycles. The van der Waals surface area contributed by atoms with E-state index in [0.29, 0.717) is 12.8 Å². The summed E-state index contributed by atoms with van der Waals surface area (Å²) < 4.78 is 94.8. The van der Waals surface area contributed by atoms with Crippen LogP contribution >= 0.6 is 0 Å². The van der Waals surface area contributed by atoms with Gasteiger partial charge in [-0.3, -0.25) is 4.79 Å². The maximum Gasteiger partial charge on any atom is 0.428 e. The van der Waals surface area contributed by atoms with E-state index >= 15 is 0 Å². The molecule has 0 spiro atoms. The highest BCUT2D eigenvalue weighted by molar-refractivity contribution is 5.87. The van der Waals surface area contributed by atoms with Gasteiger partial charge in [-0.2, -0.15) is 26.3 Å². The lowest BCUT2D eigenvalue weighted by Gasteiger charge is -2.44. The zero-order chi connectivity index (χ0) is 24.1. The molecule has 3 rings (SSSR count). The number of fused-ring (bicyclic) bond motifs is 2. The minimum atomic E-state index is -6.02. The fraction of sp³-hybridized carbons (Fsp3) is 0.800. The third kappa shape index (κ3) is 4.23. The predicted molar refractivity (Wildman–Crippen MR) is 95.0 cm³/mol. The van der Waals surface area contributed by atoms with Crippen LogP contribution in [0, 0.1) is 11.8 Å². The summed E-state index contributed by atoms with van der Waals surface area (Å²) in [4.78, 5) is 24.4. The summed E-state index contributed by atoms with van der Waals surface area (Å²) in [5.74, 6) is -3.07. The second-order valence-electron chi connectivity index (χ2n) is 8.80. The van der Waals surface area contributed by atoms with E-state index in [1.165, 1.54) is 6.92 Å². The molecule has 3 aliphatic rings. The molecule has 32 heavy (non-hydrogen) atoms. The maximum atomic E-state index is 13.1. The van der Waals surface area contributed by atoms with Gasteiger partial charge in [-0.25, -0.2) is 4.79 Å². The molecule has 0 aromatic rings. The maximum absolute atomic E-state index is 13.1. The normalized spacial score (nSPS) is 30.2. The van der Waals surface area contributed by atoms with E-state index in [0.717, 1.165) is 0 Å². The molecule has 2 saturated carbocycles. The lowest BCUT2D eigenvalue weighted by Crippen LogP contribution is -2.62. The van der Waals surface area contributed by atoms with Crippen LogP contribution < -0.4 is 0 Å². The monoisotopic (exact) mass is 474 g/mol. The topological polar surface area (TPSA) is 82.1 Å². The number of hydrogen-bond donors (Lipinski definition) is 1. The first-order chi connectivity index (χ1) is 14.6. The first kappa shape index (κ1) is 24.8. The smallest absolute Gasteiger partial charge is 0.428 e. The molecule has 0 aromatic carbocycles. The molecule has 1 aliphatic heterocycles. The van der Waals surface area contributed by atoms with E-state index in [1.807, 2.05) is 0 Å². The van der Waals surface area contributed by atoms with E-state index < -0.39 is 66.1 Å². The van der Waals surface area contributed by atoms with Crippen molar-refractivity contribution in [3.63, 3.8) is 0 Å². The van der Waals surface area contributed by atoms with Crippen molar-refractivity contribution < 1.29 is 55.2 Å². The molecule has 3 fully saturated rings. The summed E-state index contributed by atoms with van der Waals surface area (Å²) in [6.45, 7) is 2.81. The van der Waals surface area contributed by atoms with Crippen LogP contribution in [0.3, 0.4) is 0 Å². The summed E-state index contributed by atoms with van der Waals surface area (Å²) >= 11 is 0. The van der Waals surface area contributed by atoms with Crippen molar-refractivity contribution in [2.75, 3.05) is 6.61 Å². The van der Waals surface area contributed by atoms with Gasteiger partial charge in [0.15, 0.2) is 0 Å². The number of esters is 2. The first-order valence-electron chi connectivity index (χ1n) is 10.2. The Bertz CT molecular complexity index is 756. The molecular formula is C20H24F6O6. The molecule has 2 aliphatic carbocycles. The largest absolute Gasteiger partial charge is 0.458 e. The van der Waals surface area contributed by atoms with Crippen LogP contribution in [0.1, 0.15) is 45.4 Å². The number of alkyl halides is 6. The zero-order valence-corrected chi connectivity index (χ0v) is 17.2. The van der Waals surface area contributed by atoms with Gasteiger partial charge >= 0.3 is 24.3 Å². The summed E-state index contributed by atoms with van der Waals surface area (Å²) in [7, 11) is 0. The van der Waals surface area contributed by atoms with Crippen molar-refractivity contribution in [2.24, 2.45) is 11.8 Å². The zero-order valence-electron chi connectivity index (χ0n) is 17.2. The van der Waals surface area contributed by atoms with E-state index in [-0.39, 0.29) is 31.3 Å². The Morgan fingerprint density at radius 1 is 1.16 bits per heavy atom. The third-order valence-corrected chi connectivity index (χ3v) is 6.68. The van der Waals surface area contributed by atoms with Crippen LogP contribution in [0.4, 0.5) is 26.3 Å². The average molecular weight is 474 g/mol. The summed E-state index contributed by atoms with van der Waals surface area (Å²) in [6.07, 6.45) is -12.6. The van der Waals surface area contributed by atoms with Crippen molar-refractivity contribution in [2.45, 2.75) is 81.2 Å². The van der Waals surface area contributed by atoms with Gasteiger partial charge in [0.2, 0.25) is 0 Å². The van der Waals surface area contributed by atoms with E-state index in [9.17, 15) is 41.0 Å². The van der Waals surface area contributed by atoms with Crippen molar-refractivity contribution in [1.82, 2.24) is 0 Å². The Hall–Kier alpha value is -1.82. The number of aliphatic hydroxyl groups is 1. The van der Waals surface area contributed by atoms with Gasteiger partial charge in [0.25, 0.3) is 5.60 Å². The summed E-state index contributed by atoms with van der Waals surface area (Å²) in [5.41, 5.74) is -6.51. The molecule has 0 aromatic heterocycles. The molecule has 4 unspecified atom stereocenters. The van der Waals surface area contributed by atoms with Crippen LogP contribution in [0.15, 0.2) is 12.2 Å². The minimum absolute atomic E-state index is 0.0312. The fourth-order valence-corrected chi connectivity index (χ4v) is 4.87. The van der Waals surface area contributed by atoms with Crippen LogP contribution in [0.2, 0.25) is 0 Å². The van der Waals surface area contributed by atoms with Crippen molar-refractivity contribution in [3.8, 4) is 0 Å². The SMILES string of the molecule is C=C(C)C(=O)OC1CC(C2(OCC(O)(C(F)(F)F)C(F)(F)F)CCCC2)C2CC1OC2=O. The molecule has 1 N–H and O–H groups in total. The second-order valence-corrected chi connectivity index (χ2v) is 8.80. The molecule has 2 bridgehead atoms. The van der Waals surface area contributed by atoms with Crippen molar-refractivity contribution >= 4 is 11.9 Å². The minimum Gasteiger partial charge on any atom is -0.458 e. The average Bonchev–Trinajstić information content (AvgIpc) is 3.26. The number of ether oxygens (including phenoxy) is 3. The highest BCUT2D eigenvalue weighted by Crippen LogP contribution is 2.53. The Morgan fingerprint density at radius 2 is 1.72 bits per heavy atom. The Kier molecular flexibility index (Phi) is 6.35. The van der Waals surface area contributed by atoms with E-state index in [1.54, 1.807) is 0 Å². The molecule has 0 radical (unpaired) electrons. The number of carbonyl (C=O) groups excluding carboxylic acids is 2. The van der Waals surface area contributed by atoms with Gasteiger partial charge in [0.1, 0.15) is 12.2 Å². The first-order valence-corrected chi connectivity index (χ1v) is 10.2. The molecule has 182 valence electrons. The Balaban J connectivity index is 1.88. The van der Waals surface area contributed by atoms with Crippen LogP contribution in [-0.2, 0) is 23.8 Å². The van der Waals surface area contributed by atoms with Crippen LogP contribution in [0.25, 0.3) is 0 Å². The molecule has 4 atom stereocenters. The van der Waals surface area contributed by atoms with Crippen LogP contribution in [0.5, 0.6) is 0 Å². The number of rotatable bonds is 6. The van der Waals surface area contributed by atoms with Gasteiger partial charge in [-0.1, -0.05) is 19.4 Å². The highest BCUT2D eigenvalue weighted by Gasteiger charge is 2.71. The van der Waals surface area contributed by atoms with Gasteiger partial charge < -0.3 is 19.3 Å². The standard InChI is InChI=1S/C20H24F6O6/c1-10(2)15(27)31-14-8-12(11-7-13(14)32-16(11)28)17(5-3-4-6-17)30-9-18(29,19(21,22)23)20(24,25)26/h11-14,29H,1,3-9H2,2H3. The molecule has 6 nitrogen and oxygen atoms in total. The number of carbonyl (C=O) groups is 2. The number of halogens is 6. The van der Waals surface area contributed by atoms with Crippen molar-refractivity contribution in [1.29, 1.82) is 0 Å². The van der Waals surface area contributed by atoms with Gasteiger partial charge in [-0.15, -0.1) is 0 Å². The van der Waals surface area contributed by atoms with Gasteiger partial charge in [-0.05, 0) is 26.2 Å². The summed E-state index contributed by atoms with van der Waals surface area (Å²) in [5, 5.41) is 9.53. The molecule has 1 saturated heterocycles. The van der Waals surface area contributed by atoms with Crippen LogP contribution in [-0.4, -0.2) is 59.4 Å². The van der Waals surface area contributed by atoms with Gasteiger partial charge in [0, 0.05) is 17.9 Å². The van der Waals surface area contributed by atoms with E-state index in [2.05, 4.69) is 6.58 Å². The quantitative estimate of drug-likeness (QED) is 0.360. The number of hydrogen-bond acceptors (Lipinski definition) is 6. The fourth-order valence-electron chi connectivity index (χ4n) is 4.87. The third-order valence-electron chi connectivity index (χ3n) is 6.68. The molecule has 0 amide bonds. The second kappa shape index (κ2) is 8.19. The lowest BCUT2D eigenvalue weighted by molar-refractivity contribution is -0.384. The van der Waals surface area contributed by atoms with Crippen molar-refractivity contribution in [3.05, 3.63) is 12.2 Å². The van der Waals surface area contributed by atoms with E-state index in [4.69, 9.17) is 14.2 Å². The Morgan fingerprint density at radius 3 is 2.22 bits per heavy atom. The molecular weight excluding hydrogens is 450 g/mol.